The van der Waals surface area contributed by atoms with Crippen molar-refractivity contribution in [1.29, 1.82) is 0 Å². The molecule has 3 aromatic carbocycles. The van der Waals surface area contributed by atoms with Crippen LogP contribution in [0.4, 0.5) is 0 Å². The fourth-order valence-corrected chi connectivity index (χ4v) is 2.92. The Morgan fingerprint density at radius 3 is 1.74 bits per heavy atom. The van der Waals surface area contributed by atoms with Gasteiger partial charge in [0, 0.05) is 5.56 Å². The third-order valence-electron chi connectivity index (χ3n) is 4.30. The summed E-state index contributed by atoms with van der Waals surface area (Å²) in [6.45, 7) is 9.75. The molecule has 0 saturated carbocycles. The smallest absolute Gasteiger partial charge is 0.255 e. The minimum absolute atomic E-state index is 0.151. The molecule has 3 aromatic rings. The van der Waals surface area contributed by atoms with E-state index in [0.717, 1.165) is 5.56 Å². The summed E-state index contributed by atoms with van der Waals surface area (Å²) in [5, 5.41) is 0. The lowest BCUT2D eigenvalue weighted by Gasteiger charge is -2.15. The minimum Gasteiger partial charge on any atom is -0.308 e. The number of hydrogen-bond donors (Lipinski definition) is 0. The zero-order chi connectivity index (χ0) is 16.1. The molecule has 0 fully saturated rings. The largest absolute Gasteiger partial charge is 0.308 e. The van der Waals surface area contributed by atoms with Crippen LogP contribution in [0.2, 0.25) is 0 Å². The quantitative estimate of drug-likeness (QED) is 0.511. The van der Waals surface area contributed by atoms with Gasteiger partial charge >= 0.3 is 0 Å². The first-order valence-electron chi connectivity index (χ1n) is 7.86. The molecule has 0 heterocycles. The summed E-state index contributed by atoms with van der Waals surface area (Å²) < 4.78 is 0. The Bertz CT molecular complexity index is 783. The van der Waals surface area contributed by atoms with Crippen molar-refractivity contribution in [2.45, 2.75) is 18.9 Å². The summed E-state index contributed by atoms with van der Waals surface area (Å²) in [6.07, 6.45) is 0. The Morgan fingerprint density at radius 2 is 1.17 bits per heavy atom. The Morgan fingerprint density at radius 1 is 0.652 bits per heavy atom. The molecule has 0 N–H and O–H groups in total. The Balaban J connectivity index is 1.87. The monoisotopic (exact) mass is 297 g/mol. The van der Waals surface area contributed by atoms with Crippen LogP contribution >= 0.6 is 0 Å². The van der Waals surface area contributed by atoms with Crippen molar-refractivity contribution in [3.63, 3.8) is 0 Å². The van der Waals surface area contributed by atoms with Gasteiger partial charge in [-0.15, -0.1) is 0 Å². The lowest BCUT2D eigenvalue weighted by Crippen LogP contribution is -2.04. The SMILES string of the molecule is [C-]#[N+]C(c1ccc(-c2ccccc2)cc1)C(C)c1ccccc1. The number of rotatable bonds is 4. The van der Waals surface area contributed by atoms with E-state index in [1.54, 1.807) is 0 Å². The molecular formula is C22H19N. The fraction of sp³-hybridized carbons (Fsp3) is 0.136. The van der Waals surface area contributed by atoms with E-state index in [-0.39, 0.29) is 12.0 Å². The highest BCUT2D eigenvalue weighted by atomic mass is 14.7. The van der Waals surface area contributed by atoms with Crippen LogP contribution in [0.15, 0.2) is 84.9 Å². The maximum absolute atomic E-state index is 7.62. The summed E-state index contributed by atoms with van der Waals surface area (Å²) in [5.41, 5.74) is 4.68. The molecule has 0 spiro atoms. The van der Waals surface area contributed by atoms with Crippen molar-refractivity contribution in [2.75, 3.05) is 0 Å². The summed E-state index contributed by atoms with van der Waals surface area (Å²) in [6, 6.07) is 28.8. The lowest BCUT2D eigenvalue weighted by molar-refractivity contribution is 0.672. The van der Waals surface area contributed by atoms with E-state index in [1.165, 1.54) is 16.7 Å². The Kier molecular flexibility index (Phi) is 4.54. The highest BCUT2D eigenvalue weighted by Crippen LogP contribution is 2.34. The first-order valence-corrected chi connectivity index (χ1v) is 7.86. The maximum Gasteiger partial charge on any atom is 0.255 e. The molecular weight excluding hydrogens is 278 g/mol. The summed E-state index contributed by atoms with van der Waals surface area (Å²) in [4.78, 5) is 3.89. The number of nitrogens with zero attached hydrogens (tertiary/aromatic N) is 1. The second-order valence-corrected chi connectivity index (χ2v) is 5.76. The predicted octanol–water partition coefficient (Wildman–Crippen LogP) is 6.12. The second kappa shape index (κ2) is 6.94. The van der Waals surface area contributed by atoms with Gasteiger partial charge in [0.2, 0.25) is 0 Å². The van der Waals surface area contributed by atoms with E-state index in [9.17, 15) is 0 Å². The average Bonchev–Trinajstić information content (AvgIpc) is 2.64. The second-order valence-electron chi connectivity index (χ2n) is 5.76. The van der Waals surface area contributed by atoms with Crippen LogP contribution in [0.5, 0.6) is 0 Å². The zero-order valence-corrected chi connectivity index (χ0v) is 13.2. The van der Waals surface area contributed by atoms with Gasteiger partial charge in [-0.2, -0.15) is 0 Å². The molecule has 0 amide bonds. The zero-order valence-electron chi connectivity index (χ0n) is 13.2. The van der Waals surface area contributed by atoms with E-state index in [2.05, 4.69) is 60.3 Å². The number of hydrogen-bond acceptors (Lipinski definition) is 0. The van der Waals surface area contributed by atoms with Gasteiger partial charge in [-0.25, -0.2) is 6.57 Å². The van der Waals surface area contributed by atoms with Crippen LogP contribution in [0.1, 0.15) is 30.0 Å². The molecule has 1 heteroatoms. The molecule has 0 radical (unpaired) electrons. The molecule has 0 bridgehead atoms. The highest BCUT2D eigenvalue weighted by molar-refractivity contribution is 5.63. The normalized spacial score (nSPS) is 13.0. The first-order chi connectivity index (χ1) is 11.3. The summed E-state index contributed by atoms with van der Waals surface area (Å²) in [7, 11) is 0. The van der Waals surface area contributed by atoms with Crippen LogP contribution in [-0.2, 0) is 0 Å². The topological polar surface area (TPSA) is 4.36 Å². The molecule has 0 aromatic heterocycles. The van der Waals surface area contributed by atoms with Crippen LogP contribution < -0.4 is 0 Å². The van der Waals surface area contributed by atoms with Crippen molar-refractivity contribution in [2.24, 2.45) is 0 Å². The van der Waals surface area contributed by atoms with Crippen LogP contribution in [0.3, 0.4) is 0 Å². The van der Waals surface area contributed by atoms with Crippen LogP contribution in [0, 0.1) is 6.57 Å². The van der Waals surface area contributed by atoms with E-state index in [4.69, 9.17) is 6.57 Å². The molecule has 2 atom stereocenters. The Labute approximate surface area is 138 Å². The first kappa shape index (κ1) is 15.1. The molecule has 112 valence electrons. The van der Waals surface area contributed by atoms with E-state index >= 15 is 0 Å². The van der Waals surface area contributed by atoms with E-state index in [1.807, 2.05) is 36.4 Å². The molecule has 2 unspecified atom stereocenters. The molecule has 3 rings (SSSR count). The predicted molar refractivity (Wildman–Crippen MR) is 96.1 cm³/mol. The molecule has 23 heavy (non-hydrogen) atoms. The maximum atomic E-state index is 7.62. The van der Waals surface area contributed by atoms with Gasteiger partial charge in [-0.1, -0.05) is 91.9 Å². The highest BCUT2D eigenvalue weighted by Gasteiger charge is 2.25. The minimum atomic E-state index is -0.151. The van der Waals surface area contributed by atoms with Crippen molar-refractivity contribution in [1.82, 2.24) is 0 Å². The van der Waals surface area contributed by atoms with E-state index < -0.39 is 0 Å². The third kappa shape index (κ3) is 3.33. The van der Waals surface area contributed by atoms with Crippen molar-refractivity contribution in [3.05, 3.63) is 107 Å². The molecule has 1 nitrogen and oxygen atoms in total. The number of benzene rings is 3. The van der Waals surface area contributed by atoms with Crippen LogP contribution in [-0.4, -0.2) is 0 Å². The summed E-state index contributed by atoms with van der Waals surface area (Å²) >= 11 is 0. The van der Waals surface area contributed by atoms with E-state index in [0.29, 0.717) is 0 Å². The van der Waals surface area contributed by atoms with Gasteiger partial charge < -0.3 is 4.85 Å². The molecule has 0 saturated heterocycles. The third-order valence-corrected chi connectivity index (χ3v) is 4.30. The van der Waals surface area contributed by atoms with Crippen molar-refractivity contribution < 1.29 is 0 Å². The lowest BCUT2D eigenvalue weighted by atomic mass is 9.88. The molecule has 0 aliphatic carbocycles. The van der Waals surface area contributed by atoms with Gasteiger partial charge in [-0.3, -0.25) is 0 Å². The van der Waals surface area contributed by atoms with Crippen molar-refractivity contribution in [3.8, 4) is 11.1 Å². The molecule has 0 aliphatic rings. The van der Waals surface area contributed by atoms with Crippen molar-refractivity contribution >= 4 is 0 Å². The van der Waals surface area contributed by atoms with Gasteiger partial charge in [-0.05, 0) is 16.7 Å². The fourth-order valence-electron chi connectivity index (χ4n) is 2.92. The molecule has 0 aliphatic heterocycles. The Hall–Kier alpha value is -2.85. The summed E-state index contributed by atoms with van der Waals surface area (Å²) in [5.74, 6) is 0.177. The average molecular weight is 297 g/mol. The van der Waals surface area contributed by atoms with Gasteiger partial charge in [0.1, 0.15) is 0 Å². The van der Waals surface area contributed by atoms with Gasteiger partial charge in [0.25, 0.3) is 6.04 Å². The van der Waals surface area contributed by atoms with Gasteiger partial charge in [0.15, 0.2) is 0 Å². The standard InChI is InChI=1S/C22H19N/c1-17(18-9-5-3-6-10-18)22(23-2)21-15-13-20(14-16-21)19-11-7-4-8-12-19/h3-17,22H,1H3. The van der Waals surface area contributed by atoms with Gasteiger partial charge in [0.05, 0.1) is 5.92 Å². The van der Waals surface area contributed by atoms with Crippen LogP contribution in [0.25, 0.3) is 16.0 Å².